The lowest BCUT2D eigenvalue weighted by molar-refractivity contribution is 0.166. The molecule has 1 saturated heterocycles. The van der Waals surface area contributed by atoms with E-state index in [0.29, 0.717) is 0 Å². The summed E-state index contributed by atoms with van der Waals surface area (Å²) in [5, 5.41) is 0. The summed E-state index contributed by atoms with van der Waals surface area (Å²) < 4.78 is 2.32. The van der Waals surface area contributed by atoms with Crippen LogP contribution in [0.25, 0.3) is 0 Å². The SMILES string of the molecule is SN1CCCC[C@H]1C1CCCCC1. The fourth-order valence-electron chi connectivity index (χ4n) is 2.94. The van der Waals surface area contributed by atoms with E-state index in [0.717, 1.165) is 12.0 Å². The summed E-state index contributed by atoms with van der Waals surface area (Å²) in [6, 6.07) is 0.803. The minimum absolute atomic E-state index is 0.803. The molecule has 76 valence electrons. The molecule has 1 atom stereocenters. The standard InChI is InChI=1S/C11H21NS/c13-12-9-5-4-8-11(12)10-6-2-1-3-7-10/h10-11,13H,1-9H2/t11-/m0/s1. The van der Waals surface area contributed by atoms with Crippen molar-refractivity contribution < 1.29 is 0 Å². The van der Waals surface area contributed by atoms with Crippen LogP contribution in [-0.4, -0.2) is 16.9 Å². The van der Waals surface area contributed by atoms with E-state index < -0.39 is 0 Å². The Labute approximate surface area is 87.4 Å². The maximum atomic E-state index is 4.60. The lowest BCUT2D eigenvalue weighted by Gasteiger charge is -2.38. The maximum Gasteiger partial charge on any atom is 0.0228 e. The van der Waals surface area contributed by atoms with Gasteiger partial charge in [0.1, 0.15) is 0 Å². The zero-order valence-corrected chi connectivity index (χ0v) is 9.31. The van der Waals surface area contributed by atoms with Crippen LogP contribution in [0.1, 0.15) is 51.4 Å². The minimum atomic E-state index is 0.803. The molecule has 2 fully saturated rings. The molecule has 0 spiro atoms. The third kappa shape index (κ3) is 2.41. The third-order valence-corrected chi connectivity index (χ3v) is 4.21. The molecule has 1 nitrogen and oxygen atoms in total. The molecule has 0 unspecified atom stereocenters. The fourth-order valence-corrected chi connectivity index (χ4v) is 3.39. The van der Waals surface area contributed by atoms with E-state index in [2.05, 4.69) is 17.1 Å². The smallest absolute Gasteiger partial charge is 0.0228 e. The zero-order valence-electron chi connectivity index (χ0n) is 8.41. The first-order chi connectivity index (χ1) is 6.38. The Balaban J connectivity index is 1.88. The Morgan fingerprint density at radius 1 is 0.846 bits per heavy atom. The van der Waals surface area contributed by atoms with Gasteiger partial charge in [-0.3, -0.25) is 0 Å². The first-order valence-electron chi connectivity index (χ1n) is 5.83. The summed E-state index contributed by atoms with van der Waals surface area (Å²) in [6.45, 7) is 1.21. The second-order valence-electron chi connectivity index (χ2n) is 4.62. The largest absolute Gasteiger partial charge is 0.250 e. The number of hydrogen-bond donors (Lipinski definition) is 1. The van der Waals surface area contributed by atoms with Crippen molar-refractivity contribution in [2.45, 2.75) is 57.4 Å². The molecule has 0 aromatic rings. The summed E-state index contributed by atoms with van der Waals surface area (Å²) in [7, 11) is 0. The second kappa shape index (κ2) is 4.70. The van der Waals surface area contributed by atoms with Crippen molar-refractivity contribution in [2.24, 2.45) is 5.92 Å². The summed E-state index contributed by atoms with van der Waals surface area (Å²) in [4.78, 5) is 0. The third-order valence-electron chi connectivity index (χ3n) is 3.71. The molecule has 0 aromatic carbocycles. The Kier molecular flexibility index (Phi) is 3.56. The molecule has 13 heavy (non-hydrogen) atoms. The molecule has 1 saturated carbocycles. The molecule has 2 aliphatic rings. The van der Waals surface area contributed by atoms with Crippen molar-refractivity contribution >= 4 is 12.8 Å². The van der Waals surface area contributed by atoms with E-state index in [-0.39, 0.29) is 0 Å². The van der Waals surface area contributed by atoms with E-state index in [1.807, 2.05) is 0 Å². The van der Waals surface area contributed by atoms with Gasteiger partial charge in [0, 0.05) is 12.6 Å². The molecular formula is C11H21NS. The number of hydrogen-bond acceptors (Lipinski definition) is 2. The minimum Gasteiger partial charge on any atom is -0.250 e. The topological polar surface area (TPSA) is 3.24 Å². The zero-order chi connectivity index (χ0) is 9.10. The van der Waals surface area contributed by atoms with Gasteiger partial charge in [0.2, 0.25) is 0 Å². The van der Waals surface area contributed by atoms with Gasteiger partial charge in [0.25, 0.3) is 0 Å². The van der Waals surface area contributed by atoms with E-state index in [4.69, 9.17) is 0 Å². The molecule has 0 aromatic heterocycles. The molecule has 0 amide bonds. The van der Waals surface area contributed by atoms with Crippen LogP contribution in [0.3, 0.4) is 0 Å². The maximum absolute atomic E-state index is 4.60. The van der Waals surface area contributed by atoms with Crippen molar-refractivity contribution in [3.8, 4) is 0 Å². The van der Waals surface area contributed by atoms with E-state index in [1.165, 1.54) is 57.9 Å². The highest BCUT2D eigenvalue weighted by molar-refractivity contribution is 7.77. The van der Waals surface area contributed by atoms with Crippen LogP contribution in [0.2, 0.25) is 0 Å². The molecule has 1 aliphatic heterocycles. The number of rotatable bonds is 1. The van der Waals surface area contributed by atoms with E-state index >= 15 is 0 Å². The monoisotopic (exact) mass is 199 g/mol. The predicted molar refractivity (Wildman–Crippen MR) is 59.9 cm³/mol. The summed E-state index contributed by atoms with van der Waals surface area (Å²) >= 11 is 4.60. The Morgan fingerprint density at radius 2 is 1.54 bits per heavy atom. The Bertz CT molecular complexity index is 154. The molecule has 0 N–H and O–H groups in total. The molecule has 0 bridgehead atoms. The van der Waals surface area contributed by atoms with Crippen molar-refractivity contribution in [3.05, 3.63) is 0 Å². The van der Waals surface area contributed by atoms with Gasteiger partial charge in [0.15, 0.2) is 0 Å². The Morgan fingerprint density at radius 3 is 2.23 bits per heavy atom. The van der Waals surface area contributed by atoms with Crippen LogP contribution in [0.5, 0.6) is 0 Å². The number of nitrogens with zero attached hydrogens (tertiary/aromatic N) is 1. The van der Waals surface area contributed by atoms with Gasteiger partial charge in [-0.2, -0.15) is 0 Å². The highest BCUT2D eigenvalue weighted by Crippen LogP contribution is 2.34. The van der Waals surface area contributed by atoms with Crippen LogP contribution < -0.4 is 0 Å². The van der Waals surface area contributed by atoms with Crippen LogP contribution in [-0.2, 0) is 0 Å². The number of piperidine rings is 1. The summed E-state index contributed by atoms with van der Waals surface area (Å²) in [6.07, 6.45) is 11.5. The lowest BCUT2D eigenvalue weighted by atomic mass is 9.81. The van der Waals surface area contributed by atoms with Gasteiger partial charge < -0.3 is 0 Å². The van der Waals surface area contributed by atoms with E-state index in [9.17, 15) is 0 Å². The van der Waals surface area contributed by atoms with Crippen molar-refractivity contribution in [3.63, 3.8) is 0 Å². The summed E-state index contributed by atoms with van der Waals surface area (Å²) in [5.74, 6) is 0.964. The fraction of sp³-hybridized carbons (Fsp3) is 1.00. The first-order valence-corrected chi connectivity index (χ1v) is 6.23. The molecule has 1 heterocycles. The van der Waals surface area contributed by atoms with Gasteiger partial charge in [-0.1, -0.05) is 38.5 Å². The van der Waals surface area contributed by atoms with Crippen LogP contribution in [0.15, 0.2) is 0 Å². The number of thiol groups is 1. The predicted octanol–water partition coefficient (Wildman–Crippen LogP) is 3.27. The average Bonchev–Trinajstić information content (AvgIpc) is 2.20. The molecule has 2 rings (SSSR count). The molecule has 1 aliphatic carbocycles. The lowest BCUT2D eigenvalue weighted by Crippen LogP contribution is -2.39. The quantitative estimate of drug-likeness (QED) is 0.634. The van der Waals surface area contributed by atoms with Crippen LogP contribution in [0.4, 0.5) is 0 Å². The Hall–Kier alpha value is 0.310. The van der Waals surface area contributed by atoms with Crippen molar-refractivity contribution in [1.29, 1.82) is 0 Å². The van der Waals surface area contributed by atoms with Gasteiger partial charge in [-0.15, -0.1) is 0 Å². The average molecular weight is 199 g/mol. The van der Waals surface area contributed by atoms with Gasteiger partial charge >= 0.3 is 0 Å². The molecule has 2 heteroatoms. The van der Waals surface area contributed by atoms with Gasteiger partial charge in [0.05, 0.1) is 0 Å². The van der Waals surface area contributed by atoms with Gasteiger partial charge in [-0.25, -0.2) is 4.31 Å². The van der Waals surface area contributed by atoms with E-state index in [1.54, 1.807) is 0 Å². The normalized spacial score (nSPS) is 33.5. The molecule has 0 radical (unpaired) electrons. The summed E-state index contributed by atoms with van der Waals surface area (Å²) in [5.41, 5.74) is 0. The molecular weight excluding hydrogens is 178 g/mol. The van der Waals surface area contributed by atoms with Crippen molar-refractivity contribution in [1.82, 2.24) is 4.31 Å². The van der Waals surface area contributed by atoms with Crippen LogP contribution >= 0.6 is 12.8 Å². The second-order valence-corrected chi connectivity index (χ2v) is 5.14. The van der Waals surface area contributed by atoms with Gasteiger partial charge in [-0.05, 0) is 31.6 Å². The first kappa shape index (κ1) is 9.85. The van der Waals surface area contributed by atoms with Crippen molar-refractivity contribution in [2.75, 3.05) is 6.54 Å². The van der Waals surface area contributed by atoms with Crippen LogP contribution in [0, 0.1) is 5.92 Å². The highest BCUT2D eigenvalue weighted by Gasteiger charge is 2.28. The highest BCUT2D eigenvalue weighted by atomic mass is 32.1.